The van der Waals surface area contributed by atoms with Crippen molar-refractivity contribution in [3.8, 4) is 0 Å². The van der Waals surface area contributed by atoms with E-state index in [0.29, 0.717) is 11.1 Å². The fourth-order valence-electron chi connectivity index (χ4n) is 2.92. The van der Waals surface area contributed by atoms with Crippen LogP contribution in [-0.2, 0) is 7.05 Å². The Morgan fingerprint density at radius 2 is 2.31 bits per heavy atom. The molecule has 2 fully saturated rings. The van der Waals surface area contributed by atoms with E-state index in [0.717, 1.165) is 32.4 Å². The molecular weight excluding hydrogens is 202 g/mol. The van der Waals surface area contributed by atoms with Gasteiger partial charge in [-0.15, -0.1) is 0 Å². The summed E-state index contributed by atoms with van der Waals surface area (Å²) < 4.78 is 1.70. The van der Waals surface area contributed by atoms with E-state index in [9.17, 15) is 4.79 Å². The van der Waals surface area contributed by atoms with Crippen molar-refractivity contribution < 1.29 is 4.79 Å². The highest BCUT2D eigenvalue weighted by Crippen LogP contribution is 2.59. The third kappa shape index (κ3) is 1.48. The number of nitrogens with zero attached hydrogens (tertiary/aromatic N) is 2. The van der Waals surface area contributed by atoms with Crippen molar-refractivity contribution in [2.45, 2.75) is 19.3 Å². The van der Waals surface area contributed by atoms with E-state index in [1.54, 1.807) is 4.68 Å². The van der Waals surface area contributed by atoms with Gasteiger partial charge >= 0.3 is 0 Å². The lowest BCUT2D eigenvalue weighted by atomic mass is 9.90. The van der Waals surface area contributed by atoms with Crippen LogP contribution in [0.15, 0.2) is 12.3 Å². The molecule has 0 amide bonds. The molecule has 1 spiro atoms. The van der Waals surface area contributed by atoms with E-state index in [1.165, 1.54) is 0 Å². The largest absolute Gasteiger partial charge is 0.317 e. The maximum atomic E-state index is 12.2. The van der Waals surface area contributed by atoms with Gasteiger partial charge in [-0.1, -0.05) is 0 Å². The molecule has 1 saturated heterocycles. The Bertz CT molecular complexity index is 418. The zero-order valence-corrected chi connectivity index (χ0v) is 9.57. The molecule has 4 heteroatoms. The van der Waals surface area contributed by atoms with E-state index in [2.05, 4.69) is 10.4 Å². The number of nitrogens with one attached hydrogen (secondary N) is 1. The van der Waals surface area contributed by atoms with Gasteiger partial charge in [-0.3, -0.25) is 9.48 Å². The molecule has 1 saturated carbocycles. The number of ketones is 1. The number of aryl methyl sites for hydroxylation is 1. The Balaban J connectivity index is 1.74. The smallest absolute Gasteiger partial charge is 0.186 e. The van der Waals surface area contributed by atoms with Crippen molar-refractivity contribution >= 4 is 5.78 Å². The molecule has 0 bridgehead atoms. The van der Waals surface area contributed by atoms with Gasteiger partial charge in [0.1, 0.15) is 5.69 Å². The minimum absolute atomic E-state index is 0.240. The molecule has 1 aliphatic heterocycles. The summed E-state index contributed by atoms with van der Waals surface area (Å²) in [5.74, 6) is 0.493. The second-order valence-corrected chi connectivity index (χ2v) is 5.11. The zero-order valence-electron chi connectivity index (χ0n) is 9.57. The molecule has 1 unspecified atom stereocenters. The fourth-order valence-corrected chi connectivity index (χ4v) is 2.92. The Morgan fingerprint density at radius 3 is 2.94 bits per heavy atom. The van der Waals surface area contributed by atoms with Crippen LogP contribution in [0, 0.1) is 11.3 Å². The molecule has 1 N–H and O–H groups in total. The fraction of sp³-hybridized carbons (Fsp3) is 0.667. The lowest BCUT2D eigenvalue weighted by molar-refractivity contribution is 0.0935. The van der Waals surface area contributed by atoms with Crippen LogP contribution in [-0.4, -0.2) is 28.7 Å². The molecular formula is C12H17N3O. The first-order chi connectivity index (χ1) is 7.71. The van der Waals surface area contributed by atoms with Crippen LogP contribution < -0.4 is 5.32 Å². The van der Waals surface area contributed by atoms with Crippen LogP contribution in [0.4, 0.5) is 0 Å². The summed E-state index contributed by atoms with van der Waals surface area (Å²) in [5, 5.41) is 7.55. The SMILES string of the molecule is Cn1ccc(C(=O)C2CC23CCNCC3)n1. The van der Waals surface area contributed by atoms with Gasteiger partial charge in [0.2, 0.25) is 0 Å². The molecule has 1 atom stereocenters. The van der Waals surface area contributed by atoms with Crippen molar-refractivity contribution in [1.82, 2.24) is 15.1 Å². The van der Waals surface area contributed by atoms with Gasteiger partial charge in [-0.25, -0.2) is 0 Å². The standard InChI is InChI=1S/C12H17N3O/c1-15-7-2-10(14-15)11(16)9-8-12(9)3-5-13-6-4-12/h2,7,9,13H,3-6,8H2,1H3. The van der Waals surface area contributed by atoms with Crippen molar-refractivity contribution in [3.63, 3.8) is 0 Å². The predicted octanol–water partition coefficient (Wildman–Crippen LogP) is 0.992. The van der Waals surface area contributed by atoms with Gasteiger partial charge in [0.05, 0.1) is 0 Å². The molecule has 3 rings (SSSR count). The number of carbonyl (C=O) groups is 1. The number of Topliss-reactive ketones (excluding diaryl/α,β-unsaturated/α-hetero) is 1. The summed E-state index contributed by atoms with van der Waals surface area (Å²) >= 11 is 0. The van der Waals surface area contributed by atoms with Gasteiger partial charge in [0.15, 0.2) is 5.78 Å². The average Bonchev–Trinajstić information content (AvgIpc) is 2.79. The van der Waals surface area contributed by atoms with E-state index in [-0.39, 0.29) is 11.7 Å². The third-order valence-electron chi connectivity index (χ3n) is 4.07. The van der Waals surface area contributed by atoms with Crippen molar-refractivity contribution in [3.05, 3.63) is 18.0 Å². The summed E-state index contributed by atoms with van der Waals surface area (Å²) in [5.41, 5.74) is 0.961. The Labute approximate surface area is 95.0 Å². The second-order valence-electron chi connectivity index (χ2n) is 5.11. The highest BCUT2D eigenvalue weighted by atomic mass is 16.1. The van der Waals surface area contributed by atoms with Gasteiger partial charge in [-0.2, -0.15) is 5.10 Å². The molecule has 2 heterocycles. The van der Waals surface area contributed by atoms with Crippen molar-refractivity contribution in [1.29, 1.82) is 0 Å². The van der Waals surface area contributed by atoms with Crippen molar-refractivity contribution in [2.24, 2.45) is 18.4 Å². The summed E-state index contributed by atoms with van der Waals surface area (Å²) in [7, 11) is 1.85. The number of hydrogen-bond acceptors (Lipinski definition) is 3. The van der Waals surface area contributed by atoms with Crippen molar-refractivity contribution in [2.75, 3.05) is 13.1 Å². The lowest BCUT2D eigenvalue weighted by Gasteiger charge is -2.22. The van der Waals surface area contributed by atoms with Crippen LogP contribution in [0.1, 0.15) is 29.8 Å². The highest BCUT2D eigenvalue weighted by molar-refractivity contribution is 5.98. The summed E-state index contributed by atoms with van der Waals surface area (Å²) in [6, 6.07) is 1.83. The molecule has 2 aliphatic rings. The molecule has 1 aromatic heterocycles. The third-order valence-corrected chi connectivity index (χ3v) is 4.07. The van der Waals surface area contributed by atoms with Gasteiger partial charge in [0.25, 0.3) is 0 Å². The van der Waals surface area contributed by atoms with E-state index in [4.69, 9.17) is 0 Å². The highest BCUT2D eigenvalue weighted by Gasteiger charge is 2.57. The number of hydrogen-bond donors (Lipinski definition) is 1. The zero-order chi connectivity index (χ0) is 11.2. The van der Waals surface area contributed by atoms with Crippen LogP contribution in [0.25, 0.3) is 0 Å². The van der Waals surface area contributed by atoms with Crippen LogP contribution in [0.3, 0.4) is 0 Å². The number of aromatic nitrogens is 2. The number of piperidine rings is 1. The summed E-state index contributed by atoms with van der Waals surface area (Å²) in [6.45, 7) is 2.12. The Hall–Kier alpha value is -1.16. The van der Waals surface area contributed by atoms with E-state index < -0.39 is 0 Å². The monoisotopic (exact) mass is 219 g/mol. The molecule has 1 aliphatic carbocycles. The summed E-state index contributed by atoms with van der Waals surface area (Å²) in [6.07, 6.45) is 5.21. The molecule has 1 aromatic rings. The first kappa shape index (κ1) is 10.0. The predicted molar refractivity (Wildman–Crippen MR) is 60.2 cm³/mol. The molecule has 86 valence electrons. The topological polar surface area (TPSA) is 46.9 Å². The summed E-state index contributed by atoms with van der Waals surface area (Å²) in [4.78, 5) is 12.2. The van der Waals surface area contributed by atoms with Gasteiger partial charge in [-0.05, 0) is 43.8 Å². The van der Waals surface area contributed by atoms with E-state index in [1.807, 2.05) is 19.3 Å². The van der Waals surface area contributed by atoms with Crippen LogP contribution in [0.2, 0.25) is 0 Å². The van der Waals surface area contributed by atoms with Crippen LogP contribution in [0.5, 0.6) is 0 Å². The minimum atomic E-state index is 0.240. The first-order valence-electron chi connectivity index (χ1n) is 5.96. The number of carbonyl (C=O) groups excluding carboxylic acids is 1. The van der Waals surface area contributed by atoms with Crippen LogP contribution >= 0.6 is 0 Å². The first-order valence-corrected chi connectivity index (χ1v) is 5.96. The maximum Gasteiger partial charge on any atom is 0.186 e. The van der Waals surface area contributed by atoms with E-state index >= 15 is 0 Å². The Morgan fingerprint density at radius 1 is 1.56 bits per heavy atom. The van der Waals surface area contributed by atoms with Gasteiger partial charge < -0.3 is 5.32 Å². The normalized spacial score (nSPS) is 26.9. The molecule has 16 heavy (non-hydrogen) atoms. The second kappa shape index (κ2) is 3.42. The maximum absolute atomic E-state index is 12.2. The molecule has 4 nitrogen and oxygen atoms in total. The molecule has 0 radical (unpaired) electrons. The molecule has 0 aromatic carbocycles. The van der Waals surface area contributed by atoms with Gasteiger partial charge in [0, 0.05) is 19.2 Å². The lowest BCUT2D eigenvalue weighted by Crippen LogP contribution is -2.30. The number of rotatable bonds is 2. The minimum Gasteiger partial charge on any atom is -0.317 e. The quantitative estimate of drug-likeness (QED) is 0.755. The Kier molecular flexibility index (Phi) is 2.14. The average molecular weight is 219 g/mol.